The molecule has 4 aromatic carbocycles. The summed E-state index contributed by atoms with van der Waals surface area (Å²) in [6, 6.07) is 28.2. The molecule has 0 atom stereocenters. The average molecular weight is 559 g/mol. The third kappa shape index (κ3) is 7.37. The van der Waals surface area contributed by atoms with Gasteiger partial charge in [-0.1, -0.05) is 79.9 Å². The summed E-state index contributed by atoms with van der Waals surface area (Å²) in [5, 5.41) is 0. The lowest BCUT2D eigenvalue weighted by atomic mass is 9.97. The normalized spacial score (nSPS) is 10.6. The zero-order valence-corrected chi connectivity index (χ0v) is 23.7. The van der Waals surface area contributed by atoms with Gasteiger partial charge >= 0.3 is 17.9 Å². The Labute approximate surface area is 245 Å². The first-order valence-electron chi connectivity index (χ1n) is 13.2. The lowest BCUT2D eigenvalue weighted by Crippen LogP contribution is -2.09. The first-order chi connectivity index (χ1) is 20.1. The minimum absolute atomic E-state index is 0.245. The van der Waals surface area contributed by atoms with Gasteiger partial charge in [-0.25, -0.2) is 14.4 Å². The molecule has 0 N–H and O–H groups in total. The van der Waals surface area contributed by atoms with E-state index >= 15 is 0 Å². The standard InChI is InChI=1S/C36H30O6/c1-6-7-34(37)42-33-22-31(41-36(39)24(4)5)20-21-32(33)29-14-12-27(13-15-29)25-8-10-26(11-9-25)28-16-18-30(19-17-28)40-35(38)23(2)3/h6-22H,2,4H2,1,3,5H3/b7-6+. The third-order valence-electron chi connectivity index (χ3n) is 6.19. The molecule has 4 aromatic rings. The van der Waals surface area contributed by atoms with Crippen LogP contribution in [0, 0.1) is 0 Å². The van der Waals surface area contributed by atoms with Gasteiger partial charge in [-0.15, -0.1) is 0 Å². The number of esters is 3. The van der Waals surface area contributed by atoms with Gasteiger partial charge in [-0.2, -0.15) is 0 Å². The Balaban J connectivity index is 1.54. The fraction of sp³-hybridized carbons (Fsp3) is 0.0833. The summed E-state index contributed by atoms with van der Waals surface area (Å²) in [5.41, 5.74) is 6.14. The van der Waals surface area contributed by atoms with Crippen LogP contribution < -0.4 is 14.2 Å². The number of hydrogen-bond donors (Lipinski definition) is 0. The van der Waals surface area contributed by atoms with Gasteiger partial charge in [-0.05, 0) is 72.9 Å². The van der Waals surface area contributed by atoms with E-state index in [0.29, 0.717) is 16.9 Å². The van der Waals surface area contributed by atoms with Crippen molar-refractivity contribution < 1.29 is 28.6 Å². The molecule has 42 heavy (non-hydrogen) atoms. The van der Waals surface area contributed by atoms with Gasteiger partial charge in [0.1, 0.15) is 17.2 Å². The third-order valence-corrected chi connectivity index (χ3v) is 6.19. The maximum Gasteiger partial charge on any atom is 0.338 e. The predicted octanol–water partition coefficient (Wildman–Crippen LogP) is 8.13. The maximum absolute atomic E-state index is 12.2. The fourth-order valence-electron chi connectivity index (χ4n) is 3.97. The Hall–Kier alpha value is -5.49. The van der Waals surface area contributed by atoms with Gasteiger partial charge in [0.25, 0.3) is 0 Å². The van der Waals surface area contributed by atoms with Crippen molar-refractivity contribution in [2.75, 3.05) is 0 Å². The Bertz CT molecular complexity index is 1670. The number of hydrogen-bond acceptors (Lipinski definition) is 6. The van der Waals surface area contributed by atoms with Crippen LogP contribution in [0.1, 0.15) is 20.8 Å². The molecule has 0 fully saturated rings. The summed E-state index contributed by atoms with van der Waals surface area (Å²) in [4.78, 5) is 36.0. The van der Waals surface area contributed by atoms with Crippen molar-refractivity contribution >= 4 is 17.9 Å². The minimum atomic E-state index is -0.565. The van der Waals surface area contributed by atoms with Crippen molar-refractivity contribution in [2.24, 2.45) is 0 Å². The largest absolute Gasteiger partial charge is 0.423 e. The molecule has 0 unspecified atom stereocenters. The summed E-state index contributed by atoms with van der Waals surface area (Å²) >= 11 is 0. The molecule has 0 saturated heterocycles. The van der Waals surface area contributed by atoms with Gasteiger partial charge in [0.15, 0.2) is 0 Å². The lowest BCUT2D eigenvalue weighted by Gasteiger charge is -2.13. The Morgan fingerprint density at radius 2 is 0.976 bits per heavy atom. The molecule has 0 aliphatic heterocycles. The van der Waals surface area contributed by atoms with Crippen molar-refractivity contribution in [1.29, 1.82) is 0 Å². The van der Waals surface area contributed by atoms with E-state index in [4.69, 9.17) is 14.2 Å². The predicted molar refractivity (Wildman–Crippen MR) is 164 cm³/mol. The van der Waals surface area contributed by atoms with E-state index < -0.39 is 17.9 Å². The smallest absolute Gasteiger partial charge is 0.338 e. The van der Waals surface area contributed by atoms with E-state index in [1.807, 2.05) is 60.7 Å². The van der Waals surface area contributed by atoms with E-state index in [1.54, 1.807) is 51.1 Å². The highest BCUT2D eigenvalue weighted by molar-refractivity contribution is 5.90. The number of carbonyl (C=O) groups excluding carboxylic acids is 3. The van der Waals surface area contributed by atoms with E-state index in [1.165, 1.54) is 12.1 Å². The van der Waals surface area contributed by atoms with Gasteiger partial charge in [0, 0.05) is 28.9 Å². The van der Waals surface area contributed by atoms with Crippen LogP contribution in [0.15, 0.2) is 127 Å². The summed E-state index contributed by atoms with van der Waals surface area (Å²) in [5.74, 6) is -0.584. The Morgan fingerprint density at radius 1 is 0.571 bits per heavy atom. The number of carbonyl (C=O) groups is 3. The number of allylic oxidation sites excluding steroid dienone is 1. The molecule has 4 rings (SSSR count). The molecule has 0 aliphatic carbocycles. The van der Waals surface area contributed by atoms with Crippen molar-refractivity contribution in [2.45, 2.75) is 20.8 Å². The second kappa shape index (κ2) is 13.2. The van der Waals surface area contributed by atoms with Crippen LogP contribution in [0.3, 0.4) is 0 Å². The zero-order valence-electron chi connectivity index (χ0n) is 23.7. The highest BCUT2D eigenvalue weighted by atomic mass is 16.5. The monoisotopic (exact) mass is 558 g/mol. The van der Waals surface area contributed by atoms with Crippen LogP contribution in [0.4, 0.5) is 0 Å². The molecule has 210 valence electrons. The molecule has 0 aromatic heterocycles. The average Bonchev–Trinajstić information content (AvgIpc) is 2.98. The van der Waals surface area contributed by atoms with Crippen molar-refractivity contribution in [1.82, 2.24) is 0 Å². The van der Waals surface area contributed by atoms with Gasteiger partial charge in [0.2, 0.25) is 0 Å². The van der Waals surface area contributed by atoms with Gasteiger partial charge in [-0.3, -0.25) is 0 Å². The highest BCUT2D eigenvalue weighted by Crippen LogP contribution is 2.35. The quantitative estimate of drug-likeness (QED) is 0.117. The molecular formula is C36H30O6. The van der Waals surface area contributed by atoms with E-state index in [2.05, 4.69) is 13.2 Å². The second-order valence-corrected chi connectivity index (χ2v) is 9.60. The molecule has 0 spiro atoms. The van der Waals surface area contributed by atoms with Crippen LogP contribution in [-0.4, -0.2) is 17.9 Å². The van der Waals surface area contributed by atoms with Crippen molar-refractivity contribution in [3.05, 3.63) is 127 Å². The molecule has 0 aliphatic rings. The Morgan fingerprint density at radius 3 is 1.43 bits per heavy atom. The molecule has 0 heterocycles. The summed E-state index contributed by atoms with van der Waals surface area (Å²) in [6.45, 7) is 12.1. The number of ether oxygens (including phenoxy) is 3. The molecular weight excluding hydrogens is 528 g/mol. The Kier molecular flexibility index (Phi) is 9.30. The van der Waals surface area contributed by atoms with Crippen LogP contribution >= 0.6 is 0 Å². The van der Waals surface area contributed by atoms with Crippen molar-refractivity contribution in [3.63, 3.8) is 0 Å². The molecule has 0 bridgehead atoms. The van der Waals surface area contributed by atoms with E-state index in [-0.39, 0.29) is 17.1 Å². The van der Waals surface area contributed by atoms with E-state index in [9.17, 15) is 14.4 Å². The maximum atomic E-state index is 12.2. The molecule has 0 saturated carbocycles. The zero-order chi connectivity index (χ0) is 30.2. The number of benzene rings is 4. The SMILES string of the molecule is C=C(C)C(=O)Oc1ccc(-c2ccc(-c3ccc(-c4ccc(OC(=O)C(=C)C)cc4OC(=O)/C=C/C)cc3)cc2)cc1. The van der Waals surface area contributed by atoms with E-state index in [0.717, 1.165) is 27.8 Å². The molecule has 6 heteroatoms. The van der Waals surface area contributed by atoms with Gasteiger partial charge in [0.05, 0.1) is 0 Å². The first-order valence-corrected chi connectivity index (χ1v) is 13.2. The first kappa shape index (κ1) is 29.5. The fourth-order valence-corrected chi connectivity index (χ4v) is 3.97. The molecule has 0 amide bonds. The summed E-state index contributed by atoms with van der Waals surface area (Å²) in [6.07, 6.45) is 2.90. The molecule has 6 nitrogen and oxygen atoms in total. The van der Waals surface area contributed by atoms with Crippen LogP contribution in [0.2, 0.25) is 0 Å². The highest BCUT2D eigenvalue weighted by Gasteiger charge is 2.14. The summed E-state index contributed by atoms with van der Waals surface area (Å²) < 4.78 is 16.2. The van der Waals surface area contributed by atoms with Crippen LogP contribution in [0.5, 0.6) is 17.2 Å². The van der Waals surface area contributed by atoms with Crippen LogP contribution in [-0.2, 0) is 14.4 Å². The second-order valence-electron chi connectivity index (χ2n) is 9.60. The van der Waals surface area contributed by atoms with Crippen LogP contribution in [0.25, 0.3) is 33.4 Å². The van der Waals surface area contributed by atoms with Crippen molar-refractivity contribution in [3.8, 4) is 50.6 Å². The lowest BCUT2D eigenvalue weighted by molar-refractivity contribution is -0.131. The summed E-state index contributed by atoms with van der Waals surface area (Å²) in [7, 11) is 0. The molecule has 0 radical (unpaired) electrons. The number of rotatable bonds is 9. The topological polar surface area (TPSA) is 78.9 Å². The van der Waals surface area contributed by atoms with Gasteiger partial charge < -0.3 is 14.2 Å². The minimum Gasteiger partial charge on any atom is -0.423 e.